The molecule has 3 fully saturated rings. The molecule has 21 heavy (non-hydrogen) atoms. The van der Waals surface area contributed by atoms with Crippen LogP contribution in [-0.4, -0.2) is 41.5 Å². The number of carbonyl (C=O) groups excluding carboxylic acids is 2. The van der Waals surface area contributed by atoms with Gasteiger partial charge >= 0.3 is 0 Å². The molecular formula is C16H25FN2O2. The standard InChI is InChI=1S/C16H25FN2O2/c1-16(12-7-8-12)15(21)18-13(11-5-3-2-4-6-11)14(20)19(16)10-9-17/h11-13H,2-10H2,1H3,(H,18,21). The Labute approximate surface area is 125 Å². The Kier molecular flexibility index (Phi) is 3.93. The molecule has 118 valence electrons. The number of rotatable bonds is 4. The summed E-state index contributed by atoms with van der Waals surface area (Å²) in [5.74, 6) is 0.281. The molecule has 0 aromatic rings. The first kappa shape index (κ1) is 14.8. The van der Waals surface area contributed by atoms with Gasteiger partial charge in [-0.3, -0.25) is 9.59 Å². The van der Waals surface area contributed by atoms with Gasteiger partial charge in [0, 0.05) is 0 Å². The van der Waals surface area contributed by atoms with Crippen molar-refractivity contribution in [3.8, 4) is 0 Å². The van der Waals surface area contributed by atoms with Gasteiger partial charge < -0.3 is 10.2 Å². The second-order valence-corrected chi connectivity index (χ2v) is 6.95. The van der Waals surface area contributed by atoms with Crippen LogP contribution in [0.5, 0.6) is 0 Å². The average Bonchev–Trinajstić information content (AvgIpc) is 3.33. The Hall–Kier alpha value is -1.13. The van der Waals surface area contributed by atoms with Gasteiger partial charge in [0.25, 0.3) is 0 Å². The highest BCUT2D eigenvalue weighted by Crippen LogP contribution is 2.45. The molecule has 0 bridgehead atoms. The minimum atomic E-state index is -0.839. The number of piperazine rings is 1. The molecule has 1 saturated heterocycles. The van der Waals surface area contributed by atoms with Crippen molar-refractivity contribution in [3.05, 3.63) is 0 Å². The van der Waals surface area contributed by atoms with E-state index in [0.717, 1.165) is 38.5 Å². The maximum Gasteiger partial charge on any atom is 0.246 e. The number of hydrogen-bond donors (Lipinski definition) is 1. The SMILES string of the molecule is CC1(C2CC2)C(=O)NC(C2CCCCC2)C(=O)N1CCF. The maximum absolute atomic E-state index is 12.9. The molecule has 2 atom stereocenters. The molecule has 5 heteroatoms. The van der Waals surface area contributed by atoms with E-state index in [1.54, 1.807) is 4.90 Å². The zero-order valence-electron chi connectivity index (χ0n) is 12.7. The maximum atomic E-state index is 12.9. The van der Waals surface area contributed by atoms with Crippen molar-refractivity contribution in [2.75, 3.05) is 13.2 Å². The van der Waals surface area contributed by atoms with Crippen LogP contribution < -0.4 is 5.32 Å². The van der Waals surface area contributed by atoms with E-state index in [-0.39, 0.29) is 30.2 Å². The minimum Gasteiger partial charge on any atom is -0.342 e. The van der Waals surface area contributed by atoms with Gasteiger partial charge in [-0.1, -0.05) is 19.3 Å². The van der Waals surface area contributed by atoms with E-state index in [1.807, 2.05) is 6.92 Å². The Morgan fingerprint density at radius 2 is 1.86 bits per heavy atom. The van der Waals surface area contributed by atoms with Crippen molar-refractivity contribution in [2.45, 2.75) is 63.5 Å². The Balaban J connectivity index is 1.83. The second kappa shape index (κ2) is 5.58. The molecular weight excluding hydrogens is 271 g/mol. The van der Waals surface area contributed by atoms with E-state index >= 15 is 0 Å². The summed E-state index contributed by atoms with van der Waals surface area (Å²) in [7, 11) is 0. The fourth-order valence-electron chi connectivity index (χ4n) is 4.13. The molecule has 1 heterocycles. The molecule has 1 N–H and O–H groups in total. The second-order valence-electron chi connectivity index (χ2n) is 6.95. The van der Waals surface area contributed by atoms with Crippen LogP contribution in [0.4, 0.5) is 4.39 Å². The van der Waals surface area contributed by atoms with Crippen LogP contribution in [0.1, 0.15) is 51.9 Å². The first-order valence-corrected chi connectivity index (χ1v) is 8.27. The summed E-state index contributed by atoms with van der Waals surface area (Å²) in [6.45, 7) is 1.27. The summed E-state index contributed by atoms with van der Waals surface area (Å²) in [5, 5.41) is 2.98. The van der Waals surface area contributed by atoms with E-state index in [1.165, 1.54) is 6.42 Å². The number of halogens is 1. The molecule has 2 saturated carbocycles. The molecule has 0 spiro atoms. The Bertz CT molecular complexity index is 432. The first-order chi connectivity index (χ1) is 10.1. The summed E-state index contributed by atoms with van der Waals surface area (Å²) in [6.07, 6.45) is 7.32. The number of alkyl halides is 1. The molecule has 2 amide bonds. The molecule has 1 aliphatic heterocycles. The highest BCUT2D eigenvalue weighted by molar-refractivity contribution is 6.00. The van der Waals surface area contributed by atoms with Gasteiger partial charge in [0.05, 0.1) is 6.54 Å². The predicted molar refractivity (Wildman–Crippen MR) is 77.3 cm³/mol. The Morgan fingerprint density at radius 1 is 1.19 bits per heavy atom. The smallest absolute Gasteiger partial charge is 0.246 e. The van der Waals surface area contributed by atoms with Crippen LogP contribution in [-0.2, 0) is 9.59 Å². The van der Waals surface area contributed by atoms with Crippen LogP contribution in [0.2, 0.25) is 0 Å². The summed E-state index contributed by atoms with van der Waals surface area (Å²) in [6, 6.07) is -0.434. The lowest BCUT2D eigenvalue weighted by atomic mass is 9.79. The zero-order valence-corrected chi connectivity index (χ0v) is 12.7. The van der Waals surface area contributed by atoms with Gasteiger partial charge in [0.2, 0.25) is 11.8 Å². The first-order valence-electron chi connectivity index (χ1n) is 8.27. The van der Waals surface area contributed by atoms with Crippen molar-refractivity contribution in [1.29, 1.82) is 0 Å². The van der Waals surface area contributed by atoms with Gasteiger partial charge in [-0.25, -0.2) is 4.39 Å². The van der Waals surface area contributed by atoms with Gasteiger partial charge in [-0.2, -0.15) is 0 Å². The van der Waals surface area contributed by atoms with E-state index in [9.17, 15) is 14.0 Å². The lowest BCUT2D eigenvalue weighted by molar-refractivity contribution is -0.160. The number of nitrogens with one attached hydrogen (secondary N) is 1. The fourth-order valence-corrected chi connectivity index (χ4v) is 4.13. The third kappa shape index (κ3) is 2.44. The third-order valence-electron chi connectivity index (χ3n) is 5.64. The molecule has 3 aliphatic rings. The third-order valence-corrected chi connectivity index (χ3v) is 5.64. The van der Waals surface area contributed by atoms with Crippen molar-refractivity contribution in [3.63, 3.8) is 0 Å². The number of amides is 2. The monoisotopic (exact) mass is 296 g/mol. The lowest BCUT2D eigenvalue weighted by Crippen LogP contribution is -2.72. The van der Waals surface area contributed by atoms with Crippen LogP contribution in [0.3, 0.4) is 0 Å². The summed E-state index contributed by atoms with van der Waals surface area (Å²) >= 11 is 0. The summed E-state index contributed by atoms with van der Waals surface area (Å²) in [4.78, 5) is 27.1. The van der Waals surface area contributed by atoms with Crippen LogP contribution in [0, 0.1) is 11.8 Å². The highest BCUT2D eigenvalue weighted by Gasteiger charge is 2.57. The minimum absolute atomic E-state index is 0.0441. The van der Waals surface area contributed by atoms with Gasteiger partial charge in [-0.15, -0.1) is 0 Å². The highest BCUT2D eigenvalue weighted by atomic mass is 19.1. The van der Waals surface area contributed by atoms with Crippen LogP contribution in [0.25, 0.3) is 0 Å². The van der Waals surface area contributed by atoms with Crippen LogP contribution in [0.15, 0.2) is 0 Å². The summed E-state index contributed by atoms with van der Waals surface area (Å²) < 4.78 is 12.9. The van der Waals surface area contributed by atoms with Crippen molar-refractivity contribution >= 4 is 11.8 Å². The normalized spacial score (nSPS) is 35.0. The van der Waals surface area contributed by atoms with Crippen molar-refractivity contribution in [1.82, 2.24) is 10.2 Å². The molecule has 0 aromatic carbocycles. The molecule has 0 aromatic heterocycles. The number of hydrogen-bond acceptors (Lipinski definition) is 2. The molecule has 4 nitrogen and oxygen atoms in total. The van der Waals surface area contributed by atoms with Crippen molar-refractivity contribution < 1.29 is 14.0 Å². The van der Waals surface area contributed by atoms with Crippen molar-refractivity contribution in [2.24, 2.45) is 11.8 Å². The lowest BCUT2D eigenvalue weighted by Gasteiger charge is -2.48. The van der Waals surface area contributed by atoms with Gasteiger partial charge in [0.15, 0.2) is 0 Å². The molecule has 2 unspecified atom stereocenters. The van der Waals surface area contributed by atoms with Crippen LogP contribution >= 0.6 is 0 Å². The molecule has 2 aliphatic carbocycles. The summed E-state index contributed by atoms with van der Waals surface area (Å²) in [5.41, 5.74) is -0.839. The number of nitrogens with zero attached hydrogens (tertiary/aromatic N) is 1. The number of carbonyl (C=O) groups is 2. The molecule has 0 radical (unpaired) electrons. The fraction of sp³-hybridized carbons (Fsp3) is 0.875. The molecule has 3 rings (SSSR count). The predicted octanol–water partition coefficient (Wildman–Crippen LogP) is 2.03. The Morgan fingerprint density at radius 3 is 2.43 bits per heavy atom. The van der Waals surface area contributed by atoms with E-state index in [0.29, 0.717) is 0 Å². The van der Waals surface area contributed by atoms with Gasteiger partial charge in [-0.05, 0) is 44.4 Å². The topological polar surface area (TPSA) is 49.4 Å². The average molecular weight is 296 g/mol. The van der Waals surface area contributed by atoms with E-state index in [2.05, 4.69) is 5.32 Å². The quantitative estimate of drug-likeness (QED) is 0.863. The van der Waals surface area contributed by atoms with Gasteiger partial charge in [0.1, 0.15) is 18.3 Å². The van der Waals surface area contributed by atoms with E-state index in [4.69, 9.17) is 0 Å². The zero-order chi connectivity index (χ0) is 15.0. The van der Waals surface area contributed by atoms with E-state index < -0.39 is 18.3 Å². The largest absolute Gasteiger partial charge is 0.342 e.